The van der Waals surface area contributed by atoms with Crippen molar-refractivity contribution in [3.8, 4) is 0 Å². The number of halogens is 2. The van der Waals surface area contributed by atoms with E-state index in [9.17, 15) is 8.78 Å². The molecule has 0 bridgehead atoms. The summed E-state index contributed by atoms with van der Waals surface area (Å²) >= 11 is 0. The summed E-state index contributed by atoms with van der Waals surface area (Å²) in [6.07, 6.45) is 0. The van der Waals surface area contributed by atoms with Crippen LogP contribution >= 0.6 is 0 Å². The summed E-state index contributed by atoms with van der Waals surface area (Å²) in [4.78, 5) is 0. The fraction of sp³-hybridized carbons (Fsp3) is 0.400. The number of rotatable bonds is 1. The Kier molecular flexibility index (Phi) is 3.87. The Morgan fingerprint density at radius 3 is 2.17 bits per heavy atom. The third-order valence-electron chi connectivity index (χ3n) is 1.58. The standard InChI is InChI=1S/C9H10F2.CH4/c1-6(2)8-4-3-7(10)5-9(8)11;/h3-6H,1-2H3;1H4. The molecule has 0 radical (unpaired) electrons. The molecule has 1 aromatic carbocycles. The van der Waals surface area contributed by atoms with Crippen molar-refractivity contribution in [2.24, 2.45) is 0 Å². The van der Waals surface area contributed by atoms with E-state index in [4.69, 9.17) is 0 Å². The molecule has 1 rings (SSSR count). The van der Waals surface area contributed by atoms with E-state index in [1.807, 2.05) is 13.8 Å². The van der Waals surface area contributed by atoms with Gasteiger partial charge in [0.05, 0.1) is 0 Å². The van der Waals surface area contributed by atoms with Crippen LogP contribution < -0.4 is 0 Å². The minimum absolute atomic E-state index is 0. The van der Waals surface area contributed by atoms with Crippen LogP contribution in [0.15, 0.2) is 18.2 Å². The molecule has 0 nitrogen and oxygen atoms in total. The first kappa shape index (κ1) is 11.1. The van der Waals surface area contributed by atoms with Crippen LogP contribution in [-0.4, -0.2) is 0 Å². The lowest BCUT2D eigenvalue weighted by Gasteiger charge is -2.05. The van der Waals surface area contributed by atoms with E-state index < -0.39 is 11.6 Å². The maximum absolute atomic E-state index is 12.9. The van der Waals surface area contributed by atoms with Gasteiger partial charge in [0.25, 0.3) is 0 Å². The third kappa shape index (κ3) is 2.29. The fourth-order valence-electron chi connectivity index (χ4n) is 0.970. The zero-order chi connectivity index (χ0) is 8.43. The molecular weight excluding hydrogens is 158 g/mol. The molecule has 0 fully saturated rings. The van der Waals surface area contributed by atoms with Crippen LogP contribution in [0, 0.1) is 11.6 Å². The molecule has 0 aromatic heterocycles. The van der Waals surface area contributed by atoms with Crippen LogP contribution in [0.3, 0.4) is 0 Å². The summed E-state index contributed by atoms with van der Waals surface area (Å²) in [5.74, 6) is -0.873. The Morgan fingerprint density at radius 1 is 1.17 bits per heavy atom. The van der Waals surface area contributed by atoms with Gasteiger partial charge in [0.2, 0.25) is 0 Å². The summed E-state index contributed by atoms with van der Waals surface area (Å²) in [7, 11) is 0. The zero-order valence-electron chi connectivity index (χ0n) is 6.57. The predicted molar refractivity (Wildman–Crippen MR) is 47.2 cm³/mol. The zero-order valence-corrected chi connectivity index (χ0v) is 6.57. The number of hydrogen-bond donors (Lipinski definition) is 0. The van der Waals surface area contributed by atoms with Crippen LogP contribution in [0.1, 0.15) is 32.8 Å². The fourth-order valence-corrected chi connectivity index (χ4v) is 0.970. The van der Waals surface area contributed by atoms with Crippen LogP contribution in [0.5, 0.6) is 0 Å². The first-order valence-electron chi connectivity index (χ1n) is 3.56. The summed E-state index contributed by atoms with van der Waals surface area (Å²) in [6, 6.07) is 3.67. The molecule has 0 aliphatic rings. The van der Waals surface area contributed by atoms with E-state index in [0.29, 0.717) is 5.56 Å². The highest BCUT2D eigenvalue weighted by molar-refractivity contribution is 5.21. The molecular formula is C10H14F2. The molecule has 68 valence electrons. The highest BCUT2D eigenvalue weighted by Crippen LogP contribution is 2.18. The molecule has 0 aliphatic heterocycles. The molecule has 0 heterocycles. The Balaban J connectivity index is 0.00000121. The molecule has 2 heteroatoms. The minimum atomic E-state index is -0.521. The topological polar surface area (TPSA) is 0 Å². The molecule has 0 atom stereocenters. The normalized spacial score (nSPS) is 9.75. The molecule has 0 saturated heterocycles. The van der Waals surface area contributed by atoms with Crippen molar-refractivity contribution in [1.82, 2.24) is 0 Å². The molecule has 0 aliphatic carbocycles. The molecule has 0 saturated carbocycles. The highest BCUT2D eigenvalue weighted by atomic mass is 19.1. The second-order valence-electron chi connectivity index (χ2n) is 2.82. The van der Waals surface area contributed by atoms with E-state index in [-0.39, 0.29) is 13.3 Å². The van der Waals surface area contributed by atoms with E-state index in [1.165, 1.54) is 12.1 Å². The minimum Gasteiger partial charge on any atom is -0.207 e. The average molecular weight is 172 g/mol. The smallest absolute Gasteiger partial charge is 0.129 e. The van der Waals surface area contributed by atoms with Gasteiger partial charge in [0.1, 0.15) is 11.6 Å². The Morgan fingerprint density at radius 2 is 1.75 bits per heavy atom. The first-order valence-corrected chi connectivity index (χ1v) is 3.56. The van der Waals surface area contributed by atoms with E-state index >= 15 is 0 Å². The van der Waals surface area contributed by atoms with Gasteiger partial charge in [0.15, 0.2) is 0 Å². The SMILES string of the molecule is C.CC(C)c1ccc(F)cc1F. The second kappa shape index (κ2) is 4.19. The largest absolute Gasteiger partial charge is 0.207 e. The van der Waals surface area contributed by atoms with Crippen molar-refractivity contribution in [3.05, 3.63) is 35.4 Å². The lowest BCUT2D eigenvalue weighted by Crippen LogP contribution is -1.92. The molecule has 0 amide bonds. The van der Waals surface area contributed by atoms with E-state index in [1.54, 1.807) is 0 Å². The van der Waals surface area contributed by atoms with Crippen molar-refractivity contribution in [1.29, 1.82) is 0 Å². The quantitative estimate of drug-likeness (QED) is 0.605. The van der Waals surface area contributed by atoms with Gasteiger partial charge in [0, 0.05) is 6.07 Å². The van der Waals surface area contributed by atoms with Crippen LogP contribution in [0.4, 0.5) is 8.78 Å². The summed E-state index contributed by atoms with van der Waals surface area (Å²) in [6.45, 7) is 3.74. The highest BCUT2D eigenvalue weighted by Gasteiger charge is 2.06. The second-order valence-corrected chi connectivity index (χ2v) is 2.82. The number of benzene rings is 1. The summed E-state index contributed by atoms with van der Waals surface area (Å²) < 4.78 is 25.2. The summed E-state index contributed by atoms with van der Waals surface area (Å²) in [5, 5.41) is 0. The Labute approximate surface area is 72.2 Å². The molecule has 0 N–H and O–H groups in total. The maximum atomic E-state index is 12.9. The summed E-state index contributed by atoms with van der Waals surface area (Å²) in [5.41, 5.74) is 0.561. The monoisotopic (exact) mass is 172 g/mol. The van der Waals surface area contributed by atoms with Crippen LogP contribution in [0.2, 0.25) is 0 Å². The van der Waals surface area contributed by atoms with Gasteiger partial charge >= 0.3 is 0 Å². The average Bonchev–Trinajstić information content (AvgIpc) is 1.85. The van der Waals surface area contributed by atoms with Gasteiger partial charge in [-0.15, -0.1) is 0 Å². The first-order chi connectivity index (χ1) is 5.11. The number of hydrogen-bond acceptors (Lipinski definition) is 0. The van der Waals surface area contributed by atoms with Gasteiger partial charge in [-0.25, -0.2) is 8.78 Å². The van der Waals surface area contributed by atoms with Crippen molar-refractivity contribution >= 4 is 0 Å². The van der Waals surface area contributed by atoms with Gasteiger partial charge in [-0.3, -0.25) is 0 Å². The third-order valence-corrected chi connectivity index (χ3v) is 1.58. The van der Waals surface area contributed by atoms with Gasteiger partial charge in [-0.1, -0.05) is 27.3 Å². The lowest BCUT2D eigenvalue weighted by atomic mass is 10.0. The van der Waals surface area contributed by atoms with Gasteiger partial charge in [-0.05, 0) is 17.5 Å². The lowest BCUT2D eigenvalue weighted by molar-refractivity contribution is 0.565. The van der Waals surface area contributed by atoms with Crippen LogP contribution in [0.25, 0.3) is 0 Å². The van der Waals surface area contributed by atoms with Crippen molar-refractivity contribution in [2.45, 2.75) is 27.2 Å². The molecule has 0 unspecified atom stereocenters. The van der Waals surface area contributed by atoms with Gasteiger partial charge < -0.3 is 0 Å². The molecule has 12 heavy (non-hydrogen) atoms. The van der Waals surface area contributed by atoms with E-state index in [2.05, 4.69) is 0 Å². The predicted octanol–water partition coefficient (Wildman–Crippen LogP) is 3.72. The molecule has 0 spiro atoms. The van der Waals surface area contributed by atoms with Crippen molar-refractivity contribution in [3.63, 3.8) is 0 Å². The van der Waals surface area contributed by atoms with Crippen LogP contribution in [-0.2, 0) is 0 Å². The van der Waals surface area contributed by atoms with Crippen molar-refractivity contribution in [2.75, 3.05) is 0 Å². The Hall–Kier alpha value is -0.920. The molecule has 1 aromatic rings. The maximum Gasteiger partial charge on any atom is 0.129 e. The van der Waals surface area contributed by atoms with Gasteiger partial charge in [-0.2, -0.15) is 0 Å². The van der Waals surface area contributed by atoms with Crippen molar-refractivity contribution < 1.29 is 8.78 Å². The Bertz CT molecular complexity index is 254. The van der Waals surface area contributed by atoms with E-state index in [0.717, 1.165) is 6.07 Å².